The van der Waals surface area contributed by atoms with Crippen LogP contribution < -0.4 is 19.7 Å². The number of benzene rings is 2. The van der Waals surface area contributed by atoms with E-state index in [1.54, 1.807) is 6.07 Å². The van der Waals surface area contributed by atoms with Crippen LogP contribution in [0.2, 0.25) is 5.02 Å². The highest BCUT2D eigenvalue weighted by atomic mass is 35.5. The summed E-state index contributed by atoms with van der Waals surface area (Å²) in [4.78, 5) is 25.4. The molecule has 2 aromatic carbocycles. The third kappa shape index (κ3) is 4.68. The van der Waals surface area contributed by atoms with Crippen LogP contribution in [0.3, 0.4) is 0 Å². The van der Waals surface area contributed by atoms with Crippen molar-refractivity contribution in [3.63, 3.8) is 0 Å². The summed E-state index contributed by atoms with van der Waals surface area (Å²) in [5.41, 5.74) is 1.32. The highest BCUT2D eigenvalue weighted by Crippen LogP contribution is 2.32. The summed E-state index contributed by atoms with van der Waals surface area (Å²) < 4.78 is 23.9. The van der Waals surface area contributed by atoms with Gasteiger partial charge >= 0.3 is 0 Å². The fraction of sp³-hybridized carbons (Fsp3) is 0.263. The first-order chi connectivity index (χ1) is 12.9. The standard InChI is InChI=1S/C19H18ClFN2O4/c1-12(24)23(14-3-4-16(21)15(20)9-14)7-6-19(25)22-10-13-2-5-17-18(8-13)27-11-26-17/h2-5,8-9H,6-7,10-11H2,1H3,(H,22,25). The van der Waals surface area contributed by atoms with Crippen molar-refractivity contribution in [2.45, 2.75) is 19.9 Å². The second-order valence-electron chi connectivity index (χ2n) is 5.98. The number of halogens is 2. The van der Waals surface area contributed by atoms with Gasteiger partial charge in [0.1, 0.15) is 5.82 Å². The third-order valence-corrected chi connectivity index (χ3v) is 4.37. The monoisotopic (exact) mass is 392 g/mol. The van der Waals surface area contributed by atoms with Crippen molar-refractivity contribution < 1.29 is 23.5 Å². The molecule has 0 atom stereocenters. The maximum Gasteiger partial charge on any atom is 0.231 e. The predicted molar refractivity (Wildman–Crippen MR) is 98.5 cm³/mol. The number of anilines is 1. The van der Waals surface area contributed by atoms with E-state index in [9.17, 15) is 14.0 Å². The largest absolute Gasteiger partial charge is 0.454 e. The van der Waals surface area contributed by atoms with Crippen LogP contribution in [0.15, 0.2) is 36.4 Å². The lowest BCUT2D eigenvalue weighted by Gasteiger charge is -2.21. The van der Waals surface area contributed by atoms with Crippen LogP contribution in [0.4, 0.5) is 10.1 Å². The minimum Gasteiger partial charge on any atom is -0.454 e. The van der Waals surface area contributed by atoms with E-state index in [1.807, 2.05) is 12.1 Å². The molecule has 1 aliphatic heterocycles. The van der Waals surface area contributed by atoms with Gasteiger partial charge in [-0.25, -0.2) is 4.39 Å². The van der Waals surface area contributed by atoms with Crippen molar-refractivity contribution in [2.24, 2.45) is 0 Å². The van der Waals surface area contributed by atoms with Crippen LogP contribution in [0.5, 0.6) is 11.5 Å². The summed E-state index contributed by atoms with van der Waals surface area (Å²) >= 11 is 5.77. The molecule has 1 heterocycles. The molecule has 1 aliphatic rings. The van der Waals surface area contributed by atoms with Crippen LogP contribution in [-0.4, -0.2) is 25.2 Å². The summed E-state index contributed by atoms with van der Waals surface area (Å²) in [5, 5.41) is 2.72. The minimum absolute atomic E-state index is 0.0778. The van der Waals surface area contributed by atoms with Gasteiger partial charge in [-0.15, -0.1) is 0 Å². The summed E-state index contributed by atoms with van der Waals surface area (Å²) in [6.07, 6.45) is 0.0964. The summed E-state index contributed by atoms with van der Waals surface area (Å²) in [5.74, 6) is 0.289. The molecule has 0 saturated heterocycles. The molecule has 0 aromatic heterocycles. The highest BCUT2D eigenvalue weighted by Gasteiger charge is 2.16. The van der Waals surface area contributed by atoms with Gasteiger partial charge in [-0.2, -0.15) is 0 Å². The smallest absolute Gasteiger partial charge is 0.231 e. The zero-order valence-electron chi connectivity index (χ0n) is 14.6. The second-order valence-corrected chi connectivity index (χ2v) is 6.39. The molecule has 27 heavy (non-hydrogen) atoms. The van der Waals surface area contributed by atoms with Crippen molar-refractivity contribution in [2.75, 3.05) is 18.2 Å². The molecule has 8 heteroatoms. The van der Waals surface area contributed by atoms with E-state index in [0.717, 1.165) is 5.56 Å². The number of hydrogen-bond acceptors (Lipinski definition) is 4. The molecule has 1 N–H and O–H groups in total. The number of ether oxygens (including phenoxy) is 2. The van der Waals surface area contributed by atoms with Gasteiger partial charge in [0.05, 0.1) is 5.02 Å². The number of nitrogens with zero attached hydrogens (tertiary/aromatic N) is 1. The maximum absolute atomic E-state index is 13.3. The van der Waals surface area contributed by atoms with Gasteiger partial charge in [0, 0.05) is 32.1 Å². The van der Waals surface area contributed by atoms with Gasteiger partial charge in [0.25, 0.3) is 0 Å². The van der Waals surface area contributed by atoms with Crippen molar-refractivity contribution in [1.29, 1.82) is 0 Å². The maximum atomic E-state index is 13.3. The quantitative estimate of drug-likeness (QED) is 0.819. The Kier molecular flexibility index (Phi) is 5.81. The number of carbonyl (C=O) groups excluding carboxylic acids is 2. The van der Waals surface area contributed by atoms with Crippen LogP contribution >= 0.6 is 11.6 Å². The molecule has 2 amide bonds. The Bertz CT molecular complexity index is 875. The fourth-order valence-electron chi connectivity index (χ4n) is 2.67. The van der Waals surface area contributed by atoms with Gasteiger partial charge in [0.15, 0.2) is 11.5 Å². The van der Waals surface area contributed by atoms with Crippen LogP contribution in [0.1, 0.15) is 18.9 Å². The summed E-state index contributed by atoms with van der Waals surface area (Å²) in [6.45, 7) is 2.06. The lowest BCUT2D eigenvalue weighted by atomic mass is 10.2. The van der Waals surface area contributed by atoms with Crippen LogP contribution in [-0.2, 0) is 16.1 Å². The SMILES string of the molecule is CC(=O)N(CCC(=O)NCc1ccc2c(c1)OCO2)c1ccc(F)c(Cl)c1. The van der Waals surface area contributed by atoms with E-state index in [4.69, 9.17) is 21.1 Å². The highest BCUT2D eigenvalue weighted by molar-refractivity contribution is 6.31. The number of rotatable bonds is 6. The Morgan fingerprint density at radius 3 is 2.70 bits per heavy atom. The first-order valence-corrected chi connectivity index (χ1v) is 8.70. The number of nitrogens with one attached hydrogen (secondary N) is 1. The van der Waals surface area contributed by atoms with Crippen molar-refractivity contribution in [3.8, 4) is 11.5 Å². The molecule has 0 radical (unpaired) electrons. The summed E-state index contributed by atoms with van der Waals surface area (Å²) in [6, 6.07) is 9.45. The van der Waals surface area contributed by atoms with Gasteiger partial charge in [-0.3, -0.25) is 9.59 Å². The van der Waals surface area contributed by atoms with Gasteiger partial charge in [-0.05, 0) is 35.9 Å². The molecule has 0 aliphatic carbocycles. The Morgan fingerprint density at radius 2 is 1.96 bits per heavy atom. The van der Waals surface area contributed by atoms with E-state index in [-0.39, 0.29) is 36.6 Å². The molecular weight excluding hydrogens is 375 g/mol. The number of hydrogen-bond donors (Lipinski definition) is 1. The molecule has 3 rings (SSSR count). The van der Waals surface area contributed by atoms with E-state index < -0.39 is 5.82 Å². The molecule has 6 nitrogen and oxygen atoms in total. The Hall–Kier alpha value is -2.80. The Labute approximate surface area is 160 Å². The first kappa shape index (κ1) is 19.0. The summed E-state index contributed by atoms with van der Waals surface area (Å²) in [7, 11) is 0. The molecule has 142 valence electrons. The van der Waals surface area contributed by atoms with Crippen LogP contribution in [0, 0.1) is 5.82 Å². The lowest BCUT2D eigenvalue weighted by Crippen LogP contribution is -2.33. The van der Waals surface area contributed by atoms with Gasteiger partial charge < -0.3 is 19.7 Å². The van der Waals surface area contributed by atoms with E-state index >= 15 is 0 Å². The molecular formula is C19H18ClFN2O4. The van der Waals surface area contributed by atoms with Crippen molar-refractivity contribution in [1.82, 2.24) is 5.32 Å². The lowest BCUT2D eigenvalue weighted by molar-refractivity contribution is -0.121. The van der Waals surface area contributed by atoms with E-state index in [2.05, 4.69) is 5.32 Å². The van der Waals surface area contributed by atoms with Crippen LogP contribution in [0.25, 0.3) is 0 Å². The fourth-order valence-corrected chi connectivity index (χ4v) is 2.85. The van der Waals surface area contributed by atoms with E-state index in [0.29, 0.717) is 23.7 Å². The number of carbonyl (C=O) groups is 2. The van der Waals surface area contributed by atoms with Crippen molar-refractivity contribution in [3.05, 3.63) is 52.8 Å². The number of fused-ring (bicyclic) bond motifs is 1. The Balaban J connectivity index is 1.55. The topological polar surface area (TPSA) is 67.9 Å². The zero-order chi connectivity index (χ0) is 19.4. The average Bonchev–Trinajstić information content (AvgIpc) is 3.10. The second kappa shape index (κ2) is 8.26. The molecule has 0 spiro atoms. The predicted octanol–water partition coefficient (Wildman–Crippen LogP) is 3.27. The zero-order valence-corrected chi connectivity index (χ0v) is 15.4. The molecule has 0 bridgehead atoms. The molecule has 2 aromatic rings. The molecule has 0 unspecified atom stereocenters. The number of amides is 2. The minimum atomic E-state index is -0.564. The van der Waals surface area contributed by atoms with E-state index in [1.165, 1.54) is 30.0 Å². The average molecular weight is 393 g/mol. The third-order valence-electron chi connectivity index (χ3n) is 4.08. The molecule has 0 saturated carbocycles. The normalized spacial score (nSPS) is 12.0. The molecule has 0 fully saturated rings. The Morgan fingerprint density at radius 1 is 1.19 bits per heavy atom. The first-order valence-electron chi connectivity index (χ1n) is 8.32. The van der Waals surface area contributed by atoms with Gasteiger partial charge in [-0.1, -0.05) is 17.7 Å². The van der Waals surface area contributed by atoms with Gasteiger partial charge in [0.2, 0.25) is 18.6 Å². The van der Waals surface area contributed by atoms with Crippen molar-refractivity contribution >= 4 is 29.1 Å².